The maximum atomic E-state index is 12.8. The second-order valence-corrected chi connectivity index (χ2v) is 8.39. The molecule has 0 saturated heterocycles. The molecule has 1 aromatic carbocycles. The molecule has 1 N–H and O–H groups in total. The first kappa shape index (κ1) is 18.2. The summed E-state index contributed by atoms with van der Waals surface area (Å²) in [6.45, 7) is 3.76. The van der Waals surface area contributed by atoms with Gasteiger partial charge in [-0.15, -0.1) is 22.7 Å². The average molecular weight is 399 g/mol. The number of fused-ring (bicyclic) bond motifs is 1. The Bertz CT molecular complexity index is 905. The van der Waals surface area contributed by atoms with Gasteiger partial charge in [0.1, 0.15) is 5.75 Å². The van der Waals surface area contributed by atoms with E-state index in [4.69, 9.17) is 4.74 Å². The Labute approximate surface area is 167 Å². The summed E-state index contributed by atoms with van der Waals surface area (Å²) in [7, 11) is 0. The molecule has 1 amide bonds. The predicted molar refractivity (Wildman–Crippen MR) is 112 cm³/mol. The molecule has 1 atom stereocenters. The minimum atomic E-state index is -0.0117. The lowest BCUT2D eigenvalue weighted by Crippen LogP contribution is -2.40. The van der Waals surface area contributed by atoms with Crippen molar-refractivity contribution in [1.29, 1.82) is 0 Å². The Kier molecular flexibility index (Phi) is 5.57. The van der Waals surface area contributed by atoms with Gasteiger partial charge < -0.3 is 10.1 Å². The van der Waals surface area contributed by atoms with Crippen LogP contribution in [0.3, 0.4) is 0 Å². The zero-order chi connectivity index (χ0) is 18.6. The van der Waals surface area contributed by atoms with Gasteiger partial charge in [0.15, 0.2) is 0 Å². The van der Waals surface area contributed by atoms with Crippen LogP contribution in [0.5, 0.6) is 5.75 Å². The van der Waals surface area contributed by atoms with Crippen LogP contribution < -0.4 is 10.1 Å². The molecule has 0 aliphatic carbocycles. The standard InChI is InChI=1S/C21H22N2O2S2/c1-2-25-17-7-4-3-6-16(17)22-20(24)14-23-11-9-18-15(10-13-27-18)21(23)19-8-5-12-26-19/h3-8,10,12-13,21H,2,9,11,14H2,1H3,(H,22,24)/t21-/m0/s1. The van der Waals surface area contributed by atoms with Gasteiger partial charge in [0.25, 0.3) is 0 Å². The number of carbonyl (C=O) groups is 1. The third kappa shape index (κ3) is 3.93. The zero-order valence-corrected chi connectivity index (χ0v) is 16.8. The molecule has 1 aliphatic heterocycles. The van der Waals surface area contributed by atoms with Crippen molar-refractivity contribution in [3.63, 3.8) is 0 Å². The number of nitrogens with one attached hydrogen (secondary N) is 1. The summed E-state index contributed by atoms with van der Waals surface area (Å²) in [6, 6.07) is 14.2. The van der Waals surface area contributed by atoms with E-state index in [1.165, 1.54) is 15.3 Å². The van der Waals surface area contributed by atoms with Crippen molar-refractivity contribution in [2.24, 2.45) is 0 Å². The molecule has 3 aromatic rings. The molecule has 4 nitrogen and oxygen atoms in total. The normalized spacial score (nSPS) is 16.7. The Morgan fingerprint density at radius 1 is 1.19 bits per heavy atom. The summed E-state index contributed by atoms with van der Waals surface area (Å²) in [6.07, 6.45) is 0.998. The molecule has 0 saturated carbocycles. The summed E-state index contributed by atoms with van der Waals surface area (Å²) >= 11 is 3.57. The summed E-state index contributed by atoms with van der Waals surface area (Å²) in [5.74, 6) is 0.698. The molecule has 0 radical (unpaired) electrons. The molecule has 0 spiro atoms. The molecule has 2 aromatic heterocycles. The highest BCUT2D eigenvalue weighted by Crippen LogP contribution is 2.39. The Balaban J connectivity index is 1.52. The van der Waals surface area contributed by atoms with E-state index in [9.17, 15) is 4.79 Å². The predicted octanol–water partition coefficient (Wildman–Crippen LogP) is 4.79. The number of ether oxygens (including phenoxy) is 1. The fourth-order valence-electron chi connectivity index (χ4n) is 3.54. The molecule has 27 heavy (non-hydrogen) atoms. The molecule has 4 rings (SSSR count). The average Bonchev–Trinajstić information content (AvgIpc) is 3.35. The highest BCUT2D eigenvalue weighted by Gasteiger charge is 2.31. The monoisotopic (exact) mass is 398 g/mol. The number of hydrogen-bond donors (Lipinski definition) is 1. The van der Waals surface area contributed by atoms with Crippen LogP contribution in [0, 0.1) is 0 Å². The highest BCUT2D eigenvalue weighted by molar-refractivity contribution is 7.10. The van der Waals surface area contributed by atoms with E-state index < -0.39 is 0 Å². The fourth-order valence-corrected chi connectivity index (χ4v) is 5.32. The van der Waals surface area contributed by atoms with Gasteiger partial charge in [-0.25, -0.2) is 0 Å². The zero-order valence-electron chi connectivity index (χ0n) is 15.2. The highest BCUT2D eigenvalue weighted by atomic mass is 32.1. The van der Waals surface area contributed by atoms with Gasteiger partial charge in [-0.05, 0) is 53.9 Å². The van der Waals surface area contributed by atoms with Gasteiger partial charge >= 0.3 is 0 Å². The van der Waals surface area contributed by atoms with Crippen molar-refractivity contribution >= 4 is 34.3 Å². The minimum Gasteiger partial charge on any atom is -0.492 e. The maximum Gasteiger partial charge on any atom is 0.238 e. The van der Waals surface area contributed by atoms with Crippen LogP contribution in [0.15, 0.2) is 53.2 Å². The molecule has 0 unspecified atom stereocenters. The van der Waals surface area contributed by atoms with Crippen molar-refractivity contribution in [2.45, 2.75) is 19.4 Å². The van der Waals surface area contributed by atoms with E-state index in [0.29, 0.717) is 18.9 Å². The Morgan fingerprint density at radius 2 is 2.07 bits per heavy atom. The number of para-hydroxylation sites is 2. The lowest BCUT2D eigenvalue weighted by Gasteiger charge is -2.34. The van der Waals surface area contributed by atoms with Crippen molar-refractivity contribution < 1.29 is 9.53 Å². The van der Waals surface area contributed by atoms with E-state index >= 15 is 0 Å². The van der Waals surface area contributed by atoms with Crippen LogP contribution in [0.25, 0.3) is 0 Å². The molecule has 0 bridgehead atoms. The summed E-state index contributed by atoms with van der Waals surface area (Å²) in [5, 5.41) is 7.29. The van der Waals surface area contributed by atoms with Crippen LogP contribution in [-0.4, -0.2) is 30.5 Å². The number of thiophene rings is 2. The van der Waals surface area contributed by atoms with Crippen LogP contribution in [0.2, 0.25) is 0 Å². The number of hydrogen-bond acceptors (Lipinski definition) is 5. The Morgan fingerprint density at radius 3 is 2.89 bits per heavy atom. The van der Waals surface area contributed by atoms with E-state index in [-0.39, 0.29) is 11.9 Å². The molecular formula is C21H22N2O2S2. The molecular weight excluding hydrogens is 376 g/mol. The van der Waals surface area contributed by atoms with Crippen molar-refractivity contribution in [1.82, 2.24) is 4.90 Å². The maximum absolute atomic E-state index is 12.8. The van der Waals surface area contributed by atoms with Crippen LogP contribution in [0.4, 0.5) is 5.69 Å². The molecule has 3 heterocycles. The summed E-state index contributed by atoms with van der Waals surface area (Å²) in [5.41, 5.74) is 2.07. The fraction of sp³-hybridized carbons (Fsp3) is 0.286. The third-order valence-electron chi connectivity index (χ3n) is 4.69. The SMILES string of the molecule is CCOc1ccccc1NC(=O)CN1CCc2sccc2[C@H]1c1cccs1. The summed E-state index contributed by atoms with van der Waals surface area (Å²) < 4.78 is 5.62. The Hall–Kier alpha value is -2.15. The number of nitrogens with zero attached hydrogens (tertiary/aromatic N) is 1. The van der Waals surface area contributed by atoms with Crippen LogP contribution in [-0.2, 0) is 11.2 Å². The van der Waals surface area contributed by atoms with Gasteiger partial charge in [-0.2, -0.15) is 0 Å². The number of anilines is 1. The van der Waals surface area contributed by atoms with E-state index in [0.717, 1.165) is 18.7 Å². The first-order valence-corrected chi connectivity index (χ1v) is 10.9. The molecule has 6 heteroatoms. The summed E-state index contributed by atoms with van der Waals surface area (Å²) in [4.78, 5) is 17.8. The number of amides is 1. The van der Waals surface area contributed by atoms with Crippen molar-refractivity contribution in [3.05, 3.63) is 68.5 Å². The molecule has 140 valence electrons. The van der Waals surface area contributed by atoms with E-state index in [1.54, 1.807) is 11.3 Å². The van der Waals surface area contributed by atoms with Gasteiger partial charge in [0.05, 0.1) is 24.9 Å². The second kappa shape index (κ2) is 8.25. The van der Waals surface area contributed by atoms with E-state index in [1.807, 2.05) is 42.5 Å². The lowest BCUT2D eigenvalue weighted by molar-refractivity contribution is -0.117. The van der Waals surface area contributed by atoms with Gasteiger partial charge in [-0.3, -0.25) is 9.69 Å². The first-order chi connectivity index (χ1) is 13.3. The minimum absolute atomic E-state index is 0.0117. The van der Waals surface area contributed by atoms with Gasteiger partial charge in [0.2, 0.25) is 5.91 Å². The van der Waals surface area contributed by atoms with E-state index in [2.05, 4.69) is 39.2 Å². The smallest absolute Gasteiger partial charge is 0.238 e. The van der Waals surface area contributed by atoms with Gasteiger partial charge in [-0.1, -0.05) is 18.2 Å². The van der Waals surface area contributed by atoms with Crippen LogP contribution in [0.1, 0.15) is 28.3 Å². The third-order valence-corrected chi connectivity index (χ3v) is 6.61. The topological polar surface area (TPSA) is 41.6 Å². The van der Waals surface area contributed by atoms with Gasteiger partial charge in [0, 0.05) is 16.3 Å². The molecule has 0 fully saturated rings. The number of carbonyl (C=O) groups excluding carboxylic acids is 1. The largest absolute Gasteiger partial charge is 0.492 e. The molecule has 1 aliphatic rings. The number of rotatable bonds is 6. The van der Waals surface area contributed by atoms with Crippen LogP contribution >= 0.6 is 22.7 Å². The first-order valence-electron chi connectivity index (χ1n) is 9.11. The second-order valence-electron chi connectivity index (χ2n) is 6.41. The van der Waals surface area contributed by atoms with Crippen molar-refractivity contribution in [3.8, 4) is 5.75 Å². The number of benzene rings is 1. The quantitative estimate of drug-likeness (QED) is 0.649. The lowest BCUT2D eigenvalue weighted by atomic mass is 9.98. The van der Waals surface area contributed by atoms with Crippen molar-refractivity contribution in [2.75, 3.05) is 25.0 Å².